The van der Waals surface area contributed by atoms with Gasteiger partial charge in [0, 0.05) is 31.8 Å². The van der Waals surface area contributed by atoms with Crippen molar-refractivity contribution in [2.24, 2.45) is 0 Å². The van der Waals surface area contributed by atoms with Crippen LogP contribution in [0.3, 0.4) is 0 Å². The molecule has 0 saturated heterocycles. The van der Waals surface area contributed by atoms with E-state index in [1.54, 1.807) is 5.10 Å². The third-order valence-corrected chi connectivity index (χ3v) is 5.86. The molecule has 2 atom stereocenters. The number of benzene rings is 1. The Morgan fingerprint density at radius 3 is 2.35 bits per heavy atom. The first kappa shape index (κ1) is 28.6. The quantitative estimate of drug-likeness (QED) is 0.301. The standard InChI is InChI=1S/C24H20F7N7O2/c1-11(36-18-8-35-37-21(39)19(18)24(29,30)31)3-13(25)9-38-10-34-17-5-14(16(26)4-15(17)22(38)40)20-32-6-12(7-33-20)23(2,27)28/h4-8,10-11,13H,3,9H2,1-2H3,(H2,36,37,39)/t11-,13-/m0/s1. The van der Waals surface area contributed by atoms with Crippen LogP contribution in [-0.2, 0) is 18.6 Å². The highest BCUT2D eigenvalue weighted by Gasteiger charge is 2.37. The van der Waals surface area contributed by atoms with Gasteiger partial charge in [0.15, 0.2) is 5.82 Å². The first-order chi connectivity index (χ1) is 18.6. The normalized spacial score (nSPS) is 13.8. The summed E-state index contributed by atoms with van der Waals surface area (Å²) in [6, 6.07) is 1.09. The van der Waals surface area contributed by atoms with Gasteiger partial charge in [-0.2, -0.15) is 18.3 Å². The average Bonchev–Trinajstić information content (AvgIpc) is 2.84. The van der Waals surface area contributed by atoms with E-state index >= 15 is 0 Å². The van der Waals surface area contributed by atoms with E-state index in [0.29, 0.717) is 6.92 Å². The number of hydrogen-bond acceptors (Lipinski definition) is 7. The van der Waals surface area contributed by atoms with Gasteiger partial charge >= 0.3 is 6.18 Å². The zero-order valence-electron chi connectivity index (χ0n) is 20.7. The SMILES string of the molecule is C[C@@H](C[C@H](F)Cn1cnc2cc(-c3ncc(C(C)(F)F)cn3)c(F)cc2c1=O)Nc1cn[nH]c(=O)c1C(F)(F)F. The summed E-state index contributed by atoms with van der Waals surface area (Å²) < 4.78 is 97.0. The highest BCUT2D eigenvalue weighted by atomic mass is 19.4. The summed E-state index contributed by atoms with van der Waals surface area (Å²) in [5.74, 6) is -4.35. The molecule has 0 aliphatic carbocycles. The number of halogens is 7. The Bertz CT molecular complexity index is 1650. The fourth-order valence-electron chi connectivity index (χ4n) is 3.96. The van der Waals surface area contributed by atoms with Gasteiger partial charge in [-0.05, 0) is 19.1 Å². The van der Waals surface area contributed by atoms with Crippen LogP contribution in [0.25, 0.3) is 22.3 Å². The first-order valence-corrected chi connectivity index (χ1v) is 11.6. The third kappa shape index (κ3) is 6.10. The highest BCUT2D eigenvalue weighted by molar-refractivity contribution is 5.82. The lowest BCUT2D eigenvalue weighted by Crippen LogP contribution is -2.30. The van der Waals surface area contributed by atoms with Gasteiger partial charge in [0.25, 0.3) is 17.0 Å². The van der Waals surface area contributed by atoms with E-state index in [-0.39, 0.29) is 28.7 Å². The number of alkyl halides is 6. The van der Waals surface area contributed by atoms with Gasteiger partial charge in [0.2, 0.25) is 0 Å². The molecule has 9 nitrogen and oxygen atoms in total. The van der Waals surface area contributed by atoms with Crippen molar-refractivity contribution in [1.82, 2.24) is 29.7 Å². The van der Waals surface area contributed by atoms with Crippen LogP contribution in [0.5, 0.6) is 0 Å². The van der Waals surface area contributed by atoms with Crippen LogP contribution >= 0.6 is 0 Å². The van der Waals surface area contributed by atoms with E-state index < -0.39 is 64.6 Å². The maximum Gasteiger partial charge on any atom is 0.423 e. The fraction of sp³-hybridized carbons (Fsp3) is 0.333. The molecule has 0 aliphatic rings. The van der Waals surface area contributed by atoms with Crippen LogP contribution in [0.15, 0.2) is 46.6 Å². The zero-order chi connectivity index (χ0) is 29.4. The largest absolute Gasteiger partial charge is 0.423 e. The Morgan fingerprint density at radius 1 is 1.05 bits per heavy atom. The molecule has 4 aromatic rings. The molecule has 0 radical (unpaired) electrons. The van der Waals surface area contributed by atoms with E-state index in [9.17, 15) is 40.3 Å². The summed E-state index contributed by atoms with van der Waals surface area (Å²) in [7, 11) is 0. The molecule has 2 N–H and O–H groups in total. The predicted molar refractivity (Wildman–Crippen MR) is 129 cm³/mol. The van der Waals surface area contributed by atoms with Gasteiger partial charge in [-0.3, -0.25) is 14.2 Å². The molecule has 0 unspecified atom stereocenters. The highest BCUT2D eigenvalue weighted by Crippen LogP contribution is 2.32. The Morgan fingerprint density at radius 2 is 1.73 bits per heavy atom. The summed E-state index contributed by atoms with van der Waals surface area (Å²) >= 11 is 0. The van der Waals surface area contributed by atoms with E-state index in [0.717, 1.165) is 41.6 Å². The maximum absolute atomic E-state index is 14.8. The minimum absolute atomic E-state index is 0.0121. The molecule has 1 aromatic carbocycles. The molecule has 3 aromatic heterocycles. The molecule has 3 heterocycles. The third-order valence-electron chi connectivity index (χ3n) is 5.86. The van der Waals surface area contributed by atoms with Crippen molar-refractivity contribution in [2.75, 3.05) is 5.32 Å². The van der Waals surface area contributed by atoms with Crippen molar-refractivity contribution >= 4 is 16.6 Å². The number of anilines is 1. The molecule has 16 heteroatoms. The predicted octanol–water partition coefficient (Wildman–Crippen LogP) is 4.44. The van der Waals surface area contributed by atoms with Crippen LogP contribution in [0, 0.1) is 5.82 Å². The van der Waals surface area contributed by atoms with Gasteiger partial charge in [-0.25, -0.2) is 37.6 Å². The van der Waals surface area contributed by atoms with E-state index in [1.165, 1.54) is 6.92 Å². The molecule has 4 rings (SSSR count). The maximum atomic E-state index is 14.8. The molecule has 40 heavy (non-hydrogen) atoms. The Kier molecular flexibility index (Phi) is 7.63. The number of fused-ring (bicyclic) bond motifs is 1. The minimum atomic E-state index is -4.98. The van der Waals surface area contributed by atoms with Crippen LogP contribution in [0.4, 0.5) is 36.4 Å². The summed E-state index contributed by atoms with van der Waals surface area (Å²) in [6.07, 6.45) is -3.63. The lowest BCUT2D eigenvalue weighted by Gasteiger charge is -2.20. The molecule has 0 saturated carbocycles. The summed E-state index contributed by atoms with van der Waals surface area (Å²) in [4.78, 5) is 36.0. The first-order valence-electron chi connectivity index (χ1n) is 11.6. The molecule has 0 amide bonds. The van der Waals surface area contributed by atoms with Crippen LogP contribution in [0.2, 0.25) is 0 Å². The second kappa shape index (κ2) is 10.7. The van der Waals surface area contributed by atoms with Crippen molar-refractivity contribution in [2.45, 2.75) is 51.1 Å². The summed E-state index contributed by atoms with van der Waals surface area (Å²) in [5, 5.41) is 7.23. The van der Waals surface area contributed by atoms with Crippen LogP contribution < -0.4 is 16.4 Å². The molecule has 0 bridgehead atoms. The number of hydrogen-bond donors (Lipinski definition) is 2. The van der Waals surface area contributed by atoms with Crippen molar-refractivity contribution in [1.29, 1.82) is 0 Å². The molecule has 212 valence electrons. The summed E-state index contributed by atoms with van der Waals surface area (Å²) in [5.41, 5.74) is -5.05. The minimum Gasteiger partial charge on any atom is -0.381 e. The smallest absolute Gasteiger partial charge is 0.381 e. The van der Waals surface area contributed by atoms with Crippen molar-refractivity contribution in [3.05, 3.63) is 74.7 Å². The van der Waals surface area contributed by atoms with Gasteiger partial charge in [0.1, 0.15) is 17.6 Å². The molecule has 0 aliphatic heterocycles. The Hall–Kier alpha value is -4.37. The van der Waals surface area contributed by atoms with Gasteiger partial charge in [-0.1, -0.05) is 0 Å². The van der Waals surface area contributed by atoms with Crippen LogP contribution in [-0.4, -0.2) is 41.9 Å². The van der Waals surface area contributed by atoms with E-state index in [4.69, 9.17) is 0 Å². The Balaban J connectivity index is 1.51. The topological polar surface area (TPSA) is 118 Å². The zero-order valence-corrected chi connectivity index (χ0v) is 20.7. The lowest BCUT2D eigenvalue weighted by atomic mass is 10.1. The fourth-order valence-corrected chi connectivity index (χ4v) is 3.96. The van der Waals surface area contributed by atoms with E-state index in [2.05, 4.69) is 25.4 Å². The average molecular weight is 571 g/mol. The van der Waals surface area contributed by atoms with Gasteiger partial charge in [-0.15, -0.1) is 0 Å². The van der Waals surface area contributed by atoms with Crippen molar-refractivity contribution < 1.29 is 30.7 Å². The van der Waals surface area contributed by atoms with Gasteiger partial charge in [0.05, 0.1) is 46.8 Å². The monoisotopic (exact) mass is 571 g/mol. The number of aromatic nitrogens is 6. The summed E-state index contributed by atoms with van der Waals surface area (Å²) in [6.45, 7) is 1.48. The number of H-pyrrole nitrogens is 1. The number of rotatable bonds is 8. The second-order valence-corrected chi connectivity index (χ2v) is 9.10. The Labute approximate surface area is 220 Å². The van der Waals surface area contributed by atoms with Crippen LogP contribution in [0.1, 0.15) is 31.4 Å². The number of aromatic amines is 1. The second-order valence-electron chi connectivity index (χ2n) is 9.10. The molecular formula is C24H20F7N7O2. The molecular weight excluding hydrogens is 551 g/mol. The van der Waals surface area contributed by atoms with E-state index in [1.807, 2.05) is 0 Å². The van der Waals surface area contributed by atoms with Gasteiger partial charge < -0.3 is 5.32 Å². The molecule has 0 spiro atoms. The van der Waals surface area contributed by atoms with Crippen molar-refractivity contribution in [3.8, 4) is 11.4 Å². The molecule has 0 fully saturated rings. The number of nitrogens with one attached hydrogen (secondary N) is 2. The van der Waals surface area contributed by atoms with Crippen molar-refractivity contribution in [3.63, 3.8) is 0 Å². The number of nitrogens with zero attached hydrogens (tertiary/aromatic N) is 5. The lowest BCUT2D eigenvalue weighted by molar-refractivity contribution is -0.138.